The zero-order chi connectivity index (χ0) is 23.1. The maximum Gasteiger partial charge on any atom is 0.337 e. The Bertz CT molecular complexity index is 941. The Kier molecular flexibility index (Phi) is 7.96. The summed E-state index contributed by atoms with van der Waals surface area (Å²) in [6, 6.07) is 14.0. The molecule has 0 aromatic heterocycles. The van der Waals surface area contributed by atoms with E-state index in [9.17, 15) is 9.59 Å². The number of rotatable bonds is 4. The zero-order valence-corrected chi connectivity index (χ0v) is 19.4. The van der Waals surface area contributed by atoms with Gasteiger partial charge in [0.15, 0.2) is 10.2 Å². The van der Waals surface area contributed by atoms with Gasteiger partial charge >= 0.3 is 11.9 Å². The Morgan fingerprint density at radius 3 is 1.47 bits per heavy atom. The summed E-state index contributed by atoms with van der Waals surface area (Å²) in [5, 5.41) is 7.51. The molecule has 0 aliphatic carbocycles. The van der Waals surface area contributed by atoms with E-state index >= 15 is 0 Å². The van der Waals surface area contributed by atoms with Crippen LogP contribution in [0.25, 0.3) is 0 Å². The Balaban J connectivity index is 1.52. The molecule has 2 N–H and O–H groups in total. The Labute approximate surface area is 197 Å². The number of nitrogens with one attached hydrogen (secondary N) is 2. The molecule has 2 aromatic carbocycles. The number of esters is 2. The molecule has 1 aliphatic rings. The molecule has 0 atom stereocenters. The molecule has 0 amide bonds. The van der Waals surface area contributed by atoms with E-state index in [1.165, 1.54) is 14.2 Å². The minimum absolute atomic E-state index is 0.397. The topological polar surface area (TPSA) is 83.1 Å². The van der Waals surface area contributed by atoms with Crippen LogP contribution in [-0.4, -0.2) is 72.4 Å². The van der Waals surface area contributed by atoms with Gasteiger partial charge < -0.3 is 29.9 Å². The molecule has 0 bridgehead atoms. The van der Waals surface area contributed by atoms with Gasteiger partial charge in [-0.2, -0.15) is 0 Å². The first kappa shape index (κ1) is 23.4. The van der Waals surface area contributed by atoms with Crippen LogP contribution in [0.4, 0.5) is 11.4 Å². The molecule has 1 fully saturated rings. The lowest BCUT2D eigenvalue weighted by molar-refractivity contribution is 0.0592. The highest BCUT2D eigenvalue weighted by Crippen LogP contribution is 2.15. The predicted molar refractivity (Wildman–Crippen MR) is 131 cm³/mol. The van der Waals surface area contributed by atoms with E-state index in [0.29, 0.717) is 47.5 Å². The average molecular weight is 473 g/mol. The summed E-state index contributed by atoms with van der Waals surface area (Å²) in [6.45, 7) is 2.75. The van der Waals surface area contributed by atoms with Gasteiger partial charge in [0, 0.05) is 37.6 Å². The second-order valence-corrected chi connectivity index (χ2v) is 7.75. The number of hydrogen-bond acceptors (Lipinski definition) is 6. The molecule has 168 valence electrons. The summed E-state index contributed by atoms with van der Waals surface area (Å²) in [6.07, 6.45) is 0. The van der Waals surface area contributed by atoms with Crippen molar-refractivity contribution in [1.29, 1.82) is 0 Å². The third kappa shape index (κ3) is 5.92. The van der Waals surface area contributed by atoms with Gasteiger partial charge in [0.05, 0.1) is 25.3 Å². The van der Waals surface area contributed by atoms with Crippen molar-refractivity contribution in [3.05, 3.63) is 59.7 Å². The first-order valence-electron chi connectivity index (χ1n) is 9.90. The SMILES string of the molecule is COC(=O)c1cccc(NC(=S)N2CCN(C(=S)Nc3cccc(C(=O)OC)c3)CC2)c1. The standard InChI is InChI=1S/C22H24N4O4S2/c1-29-19(27)15-5-3-7-17(13-15)23-21(31)25-9-11-26(12-10-25)22(32)24-18-8-4-6-16(14-18)20(28)30-2/h3-8,13-14H,9-12H2,1-2H3,(H,23,31)(H,24,32). The van der Waals surface area contributed by atoms with Crippen LogP contribution < -0.4 is 10.6 Å². The highest BCUT2D eigenvalue weighted by Gasteiger charge is 2.21. The normalized spacial score (nSPS) is 13.2. The van der Waals surface area contributed by atoms with Gasteiger partial charge in [-0.05, 0) is 60.8 Å². The van der Waals surface area contributed by atoms with E-state index in [4.69, 9.17) is 33.9 Å². The third-order valence-corrected chi connectivity index (χ3v) is 5.64. The van der Waals surface area contributed by atoms with Gasteiger partial charge in [0.25, 0.3) is 0 Å². The van der Waals surface area contributed by atoms with Crippen molar-refractivity contribution in [2.75, 3.05) is 51.0 Å². The minimum atomic E-state index is -0.397. The molecule has 0 saturated carbocycles. The number of carbonyl (C=O) groups is 2. The number of anilines is 2. The number of benzene rings is 2. The first-order valence-corrected chi connectivity index (χ1v) is 10.7. The van der Waals surface area contributed by atoms with Gasteiger partial charge in [-0.15, -0.1) is 0 Å². The van der Waals surface area contributed by atoms with Crippen LogP contribution in [0.15, 0.2) is 48.5 Å². The predicted octanol–water partition coefficient (Wildman–Crippen LogP) is 2.97. The lowest BCUT2D eigenvalue weighted by Gasteiger charge is -2.37. The van der Waals surface area contributed by atoms with Crippen molar-refractivity contribution in [2.45, 2.75) is 0 Å². The van der Waals surface area contributed by atoms with Crippen LogP contribution >= 0.6 is 24.4 Å². The number of methoxy groups -OCH3 is 2. The summed E-state index contributed by atoms with van der Waals surface area (Å²) in [7, 11) is 2.70. The van der Waals surface area contributed by atoms with Gasteiger partial charge in [0.2, 0.25) is 0 Å². The fourth-order valence-electron chi connectivity index (χ4n) is 3.20. The number of nitrogens with zero attached hydrogens (tertiary/aromatic N) is 2. The Morgan fingerprint density at radius 1 is 0.750 bits per heavy atom. The molecule has 1 saturated heterocycles. The number of ether oxygens (including phenoxy) is 2. The summed E-state index contributed by atoms with van der Waals surface area (Å²) < 4.78 is 9.51. The molecule has 2 aromatic rings. The lowest BCUT2D eigenvalue weighted by Crippen LogP contribution is -2.52. The third-order valence-electron chi connectivity index (χ3n) is 4.92. The average Bonchev–Trinajstić information content (AvgIpc) is 2.83. The van der Waals surface area contributed by atoms with E-state index in [1.54, 1.807) is 36.4 Å². The summed E-state index contributed by atoms with van der Waals surface area (Å²) in [5.74, 6) is -0.794. The molecule has 0 radical (unpaired) electrons. The number of thiocarbonyl (C=S) groups is 2. The fourth-order valence-corrected chi connectivity index (χ4v) is 3.80. The van der Waals surface area contributed by atoms with E-state index in [1.807, 2.05) is 12.1 Å². The number of carbonyl (C=O) groups excluding carboxylic acids is 2. The van der Waals surface area contributed by atoms with E-state index < -0.39 is 11.9 Å². The molecule has 0 unspecified atom stereocenters. The smallest absolute Gasteiger partial charge is 0.337 e. The monoisotopic (exact) mass is 472 g/mol. The summed E-state index contributed by atoms with van der Waals surface area (Å²) in [4.78, 5) is 27.5. The second kappa shape index (κ2) is 10.9. The van der Waals surface area contributed by atoms with Crippen LogP contribution in [0, 0.1) is 0 Å². The first-order chi connectivity index (χ1) is 15.4. The Morgan fingerprint density at radius 2 is 1.12 bits per heavy atom. The molecule has 1 aliphatic heterocycles. The molecule has 3 rings (SSSR count). The lowest BCUT2D eigenvalue weighted by atomic mass is 10.2. The van der Waals surface area contributed by atoms with Crippen LogP contribution in [-0.2, 0) is 9.47 Å². The molecule has 1 heterocycles. The van der Waals surface area contributed by atoms with Crippen molar-refractivity contribution < 1.29 is 19.1 Å². The van der Waals surface area contributed by atoms with E-state index in [-0.39, 0.29) is 0 Å². The fraction of sp³-hybridized carbons (Fsp3) is 0.273. The van der Waals surface area contributed by atoms with Crippen molar-refractivity contribution >= 4 is 58.0 Å². The van der Waals surface area contributed by atoms with Crippen LogP contribution in [0.2, 0.25) is 0 Å². The number of piperazine rings is 1. The second-order valence-electron chi connectivity index (χ2n) is 6.98. The quantitative estimate of drug-likeness (QED) is 0.512. The van der Waals surface area contributed by atoms with Gasteiger partial charge in [-0.3, -0.25) is 0 Å². The van der Waals surface area contributed by atoms with Crippen molar-refractivity contribution in [2.24, 2.45) is 0 Å². The maximum atomic E-state index is 11.7. The molecule has 10 heteroatoms. The highest BCUT2D eigenvalue weighted by atomic mass is 32.1. The van der Waals surface area contributed by atoms with Crippen LogP contribution in [0.1, 0.15) is 20.7 Å². The zero-order valence-electron chi connectivity index (χ0n) is 17.8. The molecular formula is C22H24N4O4S2. The van der Waals surface area contributed by atoms with Crippen molar-refractivity contribution in [3.8, 4) is 0 Å². The van der Waals surface area contributed by atoms with E-state index in [2.05, 4.69) is 20.4 Å². The van der Waals surface area contributed by atoms with Crippen molar-refractivity contribution in [3.63, 3.8) is 0 Å². The largest absolute Gasteiger partial charge is 0.465 e. The highest BCUT2D eigenvalue weighted by molar-refractivity contribution is 7.80. The van der Waals surface area contributed by atoms with Crippen LogP contribution in [0.3, 0.4) is 0 Å². The molecule has 32 heavy (non-hydrogen) atoms. The van der Waals surface area contributed by atoms with E-state index in [0.717, 1.165) is 11.4 Å². The minimum Gasteiger partial charge on any atom is -0.465 e. The van der Waals surface area contributed by atoms with Gasteiger partial charge in [0.1, 0.15) is 0 Å². The maximum absolute atomic E-state index is 11.7. The molecule has 0 spiro atoms. The van der Waals surface area contributed by atoms with Gasteiger partial charge in [-0.1, -0.05) is 12.1 Å². The van der Waals surface area contributed by atoms with Crippen LogP contribution in [0.5, 0.6) is 0 Å². The summed E-state index contributed by atoms with van der Waals surface area (Å²) in [5.41, 5.74) is 2.36. The van der Waals surface area contributed by atoms with Gasteiger partial charge in [-0.25, -0.2) is 9.59 Å². The molecular weight excluding hydrogens is 448 g/mol. The number of hydrogen-bond donors (Lipinski definition) is 2. The van der Waals surface area contributed by atoms with Crippen molar-refractivity contribution in [1.82, 2.24) is 9.80 Å². The molecule has 8 nitrogen and oxygen atoms in total. The summed E-state index contributed by atoms with van der Waals surface area (Å²) >= 11 is 11.1. The Hall–Kier alpha value is -3.24.